The summed E-state index contributed by atoms with van der Waals surface area (Å²) in [6, 6.07) is 15.9. The van der Waals surface area contributed by atoms with Crippen LogP contribution in [0.25, 0.3) is 0 Å². The Hall–Kier alpha value is -1.91. The van der Waals surface area contributed by atoms with E-state index in [1.807, 2.05) is 18.2 Å². The summed E-state index contributed by atoms with van der Waals surface area (Å²) in [4.78, 5) is 4.07. The van der Waals surface area contributed by atoms with E-state index in [0.717, 1.165) is 12.8 Å². The fourth-order valence-corrected chi connectivity index (χ4v) is 2.26. The van der Waals surface area contributed by atoms with Crippen LogP contribution in [0.5, 0.6) is 5.88 Å². The van der Waals surface area contributed by atoms with Gasteiger partial charge < -0.3 is 15.2 Å². The van der Waals surface area contributed by atoms with Gasteiger partial charge in [-0.3, -0.25) is 0 Å². The van der Waals surface area contributed by atoms with Crippen molar-refractivity contribution in [1.29, 1.82) is 0 Å². The number of aliphatic hydroxyl groups excluding tert-OH is 1. The van der Waals surface area contributed by atoms with Gasteiger partial charge in [0, 0.05) is 24.3 Å². The van der Waals surface area contributed by atoms with Crippen molar-refractivity contribution in [2.24, 2.45) is 0 Å². The molecular formula is C19H26N2O2. The molecule has 124 valence electrons. The minimum absolute atomic E-state index is 0.0399. The lowest BCUT2D eigenvalue weighted by molar-refractivity contribution is 0.0959. The lowest BCUT2D eigenvalue weighted by Crippen LogP contribution is -2.45. The number of ether oxygens (including phenoxy) is 1. The van der Waals surface area contributed by atoms with E-state index >= 15 is 0 Å². The van der Waals surface area contributed by atoms with Crippen LogP contribution in [-0.2, 0) is 6.42 Å². The van der Waals surface area contributed by atoms with Crippen molar-refractivity contribution in [1.82, 2.24) is 10.3 Å². The third kappa shape index (κ3) is 6.80. The summed E-state index contributed by atoms with van der Waals surface area (Å²) >= 11 is 0. The molecule has 0 saturated carbocycles. The molecule has 0 amide bonds. The number of aliphatic hydroxyl groups is 1. The quantitative estimate of drug-likeness (QED) is 0.747. The van der Waals surface area contributed by atoms with E-state index in [2.05, 4.69) is 48.4 Å². The molecule has 1 atom stereocenters. The molecular weight excluding hydrogens is 288 g/mol. The highest BCUT2D eigenvalue weighted by molar-refractivity contribution is 5.15. The second kappa shape index (κ2) is 8.65. The lowest BCUT2D eigenvalue weighted by atomic mass is 9.95. The summed E-state index contributed by atoms with van der Waals surface area (Å²) in [5.74, 6) is 0.537. The van der Waals surface area contributed by atoms with Gasteiger partial charge in [0.05, 0.1) is 0 Å². The van der Waals surface area contributed by atoms with Crippen molar-refractivity contribution < 1.29 is 9.84 Å². The number of aryl methyl sites for hydroxylation is 1. The van der Waals surface area contributed by atoms with Crippen LogP contribution >= 0.6 is 0 Å². The van der Waals surface area contributed by atoms with Crippen molar-refractivity contribution in [3.63, 3.8) is 0 Å². The first-order valence-corrected chi connectivity index (χ1v) is 8.06. The molecule has 2 N–H and O–H groups in total. The minimum atomic E-state index is -0.562. The maximum absolute atomic E-state index is 10.0. The first-order chi connectivity index (χ1) is 11.1. The predicted molar refractivity (Wildman–Crippen MR) is 92.6 cm³/mol. The van der Waals surface area contributed by atoms with E-state index < -0.39 is 6.10 Å². The molecule has 0 fully saturated rings. The van der Waals surface area contributed by atoms with Gasteiger partial charge in [0.2, 0.25) is 5.88 Å². The van der Waals surface area contributed by atoms with Gasteiger partial charge in [-0.25, -0.2) is 4.98 Å². The highest BCUT2D eigenvalue weighted by Gasteiger charge is 2.18. The van der Waals surface area contributed by atoms with Crippen molar-refractivity contribution in [2.45, 2.75) is 38.3 Å². The molecule has 1 aromatic heterocycles. The smallest absolute Gasteiger partial charge is 0.213 e. The lowest BCUT2D eigenvalue weighted by Gasteiger charge is -2.28. The fourth-order valence-electron chi connectivity index (χ4n) is 2.26. The Bertz CT molecular complexity index is 558. The number of nitrogens with zero attached hydrogens (tertiary/aromatic N) is 1. The van der Waals surface area contributed by atoms with E-state index in [9.17, 15) is 5.11 Å². The summed E-state index contributed by atoms with van der Waals surface area (Å²) in [6.07, 6.45) is 3.13. The van der Waals surface area contributed by atoms with E-state index in [4.69, 9.17) is 4.74 Å². The Morgan fingerprint density at radius 1 is 1.13 bits per heavy atom. The van der Waals surface area contributed by atoms with Crippen LogP contribution in [0.4, 0.5) is 0 Å². The molecule has 0 aliphatic carbocycles. The maximum atomic E-state index is 10.0. The Morgan fingerprint density at radius 3 is 2.57 bits per heavy atom. The molecule has 4 heteroatoms. The largest absolute Gasteiger partial charge is 0.475 e. The number of hydrogen-bond donors (Lipinski definition) is 2. The van der Waals surface area contributed by atoms with Crippen molar-refractivity contribution >= 4 is 0 Å². The van der Waals surface area contributed by atoms with E-state index in [1.54, 1.807) is 12.3 Å². The van der Waals surface area contributed by atoms with Gasteiger partial charge in [-0.05, 0) is 38.3 Å². The SMILES string of the molecule is CC(C)(CCc1ccccc1)NCC(O)COc1ccccn1. The average Bonchev–Trinajstić information content (AvgIpc) is 2.58. The van der Waals surface area contributed by atoms with Crippen molar-refractivity contribution in [2.75, 3.05) is 13.2 Å². The molecule has 2 rings (SSSR count). The Labute approximate surface area is 138 Å². The highest BCUT2D eigenvalue weighted by atomic mass is 16.5. The topological polar surface area (TPSA) is 54.4 Å². The van der Waals surface area contributed by atoms with Gasteiger partial charge in [0.1, 0.15) is 12.7 Å². The zero-order valence-electron chi connectivity index (χ0n) is 13.9. The number of hydrogen-bond acceptors (Lipinski definition) is 4. The number of pyridine rings is 1. The standard InChI is InChI=1S/C19H26N2O2/c1-19(2,12-11-16-8-4-3-5-9-16)21-14-17(22)15-23-18-10-6-7-13-20-18/h3-10,13,17,21-22H,11-12,14-15H2,1-2H3. The third-order valence-electron chi connectivity index (χ3n) is 3.76. The van der Waals surface area contributed by atoms with E-state index in [-0.39, 0.29) is 12.1 Å². The van der Waals surface area contributed by atoms with Gasteiger partial charge >= 0.3 is 0 Å². The van der Waals surface area contributed by atoms with Crippen LogP contribution in [0, 0.1) is 0 Å². The molecule has 0 saturated heterocycles. The average molecular weight is 314 g/mol. The van der Waals surface area contributed by atoms with Crippen molar-refractivity contribution in [3.05, 3.63) is 60.3 Å². The molecule has 1 unspecified atom stereocenters. The third-order valence-corrected chi connectivity index (χ3v) is 3.76. The maximum Gasteiger partial charge on any atom is 0.213 e. The van der Waals surface area contributed by atoms with Crippen LogP contribution in [0.2, 0.25) is 0 Å². The van der Waals surface area contributed by atoms with Crippen LogP contribution < -0.4 is 10.1 Å². The summed E-state index contributed by atoms with van der Waals surface area (Å²) in [5.41, 5.74) is 1.29. The number of aromatic nitrogens is 1. The Kier molecular flexibility index (Phi) is 6.56. The van der Waals surface area contributed by atoms with Gasteiger partial charge in [-0.2, -0.15) is 0 Å². The molecule has 0 spiro atoms. The molecule has 0 aliphatic rings. The van der Waals surface area contributed by atoms with E-state index in [1.165, 1.54) is 5.56 Å². The highest BCUT2D eigenvalue weighted by Crippen LogP contribution is 2.13. The second-order valence-electron chi connectivity index (χ2n) is 6.38. The molecule has 0 aliphatic heterocycles. The Balaban J connectivity index is 1.68. The summed E-state index contributed by atoms with van der Waals surface area (Å²) in [6.45, 7) is 5.04. The normalized spacial score (nSPS) is 12.8. The number of benzene rings is 1. The fraction of sp³-hybridized carbons (Fsp3) is 0.421. The van der Waals surface area contributed by atoms with Gasteiger partial charge in [0.15, 0.2) is 0 Å². The summed E-state index contributed by atoms with van der Waals surface area (Å²) in [7, 11) is 0. The predicted octanol–water partition coefficient (Wildman–Crippen LogP) is 2.82. The van der Waals surface area contributed by atoms with Crippen LogP contribution in [-0.4, -0.2) is 34.9 Å². The zero-order valence-corrected chi connectivity index (χ0v) is 13.9. The molecule has 1 aromatic carbocycles. The van der Waals surface area contributed by atoms with Gasteiger partial charge in [-0.1, -0.05) is 36.4 Å². The molecule has 4 nitrogen and oxygen atoms in total. The first-order valence-electron chi connectivity index (χ1n) is 8.06. The summed E-state index contributed by atoms with van der Waals surface area (Å²) in [5, 5.41) is 13.5. The zero-order chi connectivity index (χ0) is 16.5. The number of β-amino-alcohol motifs (C(OH)–C–C–N with tert-alkyl or cyclic N) is 1. The number of nitrogens with one attached hydrogen (secondary N) is 1. The van der Waals surface area contributed by atoms with Gasteiger partial charge in [-0.15, -0.1) is 0 Å². The number of rotatable bonds is 9. The monoisotopic (exact) mass is 314 g/mol. The second-order valence-corrected chi connectivity index (χ2v) is 6.38. The molecule has 0 radical (unpaired) electrons. The molecule has 23 heavy (non-hydrogen) atoms. The van der Waals surface area contributed by atoms with Crippen molar-refractivity contribution in [3.8, 4) is 5.88 Å². The molecule has 0 bridgehead atoms. The summed E-state index contributed by atoms with van der Waals surface area (Å²) < 4.78 is 5.46. The van der Waals surface area contributed by atoms with Crippen LogP contribution in [0.15, 0.2) is 54.7 Å². The van der Waals surface area contributed by atoms with Crippen LogP contribution in [0.3, 0.4) is 0 Å². The molecule has 1 heterocycles. The first kappa shape index (κ1) is 17.4. The van der Waals surface area contributed by atoms with E-state index in [0.29, 0.717) is 12.4 Å². The minimum Gasteiger partial charge on any atom is -0.475 e. The van der Waals surface area contributed by atoms with Crippen LogP contribution in [0.1, 0.15) is 25.8 Å². The molecule has 2 aromatic rings. The van der Waals surface area contributed by atoms with Gasteiger partial charge in [0.25, 0.3) is 0 Å². The Morgan fingerprint density at radius 2 is 1.87 bits per heavy atom.